The molecule has 1 atom stereocenters. The maximum atomic E-state index is 13.4. The van der Waals surface area contributed by atoms with Gasteiger partial charge in [0.05, 0.1) is 11.4 Å². The third kappa shape index (κ3) is 5.08. The number of nitrogens with two attached hydrogens (primary N) is 1. The molecule has 33 heavy (non-hydrogen) atoms. The molecule has 1 aliphatic carbocycles. The van der Waals surface area contributed by atoms with Crippen molar-refractivity contribution in [2.75, 3.05) is 24.1 Å². The van der Waals surface area contributed by atoms with Crippen LogP contribution < -0.4 is 11.1 Å². The Bertz CT molecular complexity index is 1070. The van der Waals surface area contributed by atoms with E-state index in [1.54, 1.807) is 4.90 Å². The first-order valence-electron chi connectivity index (χ1n) is 11.0. The Morgan fingerprint density at radius 1 is 1.39 bits per heavy atom. The van der Waals surface area contributed by atoms with Crippen LogP contribution in [0.15, 0.2) is 18.2 Å². The highest BCUT2D eigenvalue weighted by atomic mass is 35.5. The number of hydrogen-bond acceptors (Lipinski definition) is 5. The van der Waals surface area contributed by atoms with E-state index in [2.05, 4.69) is 15.5 Å². The number of rotatable bonds is 4. The molecule has 4 rings (SSSR count). The molecule has 0 radical (unpaired) electrons. The molecule has 1 unspecified atom stereocenters. The van der Waals surface area contributed by atoms with Gasteiger partial charge < -0.3 is 20.7 Å². The van der Waals surface area contributed by atoms with Crippen LogP contribution in [0.25, 0.3) is 0 Å². The van der Waals surface area contributed by atoms with E-state index in [1.807, 2.05) is 20.8 Å². The van der Waals surface area contributed by atoms with Crippen LogP contribution in [0.5, 0.6) is 0 Å². The van der Waals surface area contributed by atoms with Crippen molar-refractivity contribution < 1.29 is 18.7 Å². The number of ether oxygens (including phenoxy) is 1. The SMILES string of the molecule is CC(C)(C)OC(=O)N1CC2(CCC(c3[nH]nc(N)c3CC(=O)Nc3ccc(F)c(Cl)c3)C2)C1. The number of carbonyl (C=O) groups is 2. The zero-order valence-corrected chi connectivity index (χ0v) is 19.8. The van der Waals surface area contributed by atoms with Gasteiger partial charge in [0.2, 0.25) is 5.91 Å². The first-order chi connectivity index (χ1) is 15.4. The highest BCUT2D eigenvalue weighted by molar-refractivity contribution is 6.31. The Hall–Kier alpha value is -2.81. The molecule has 2 aromatic rings. The van der Waals surface area contributed by atoms with Gasteiger partial charge in [-0.25, -0.2) is 9.18 Å². The molecule has 2 amide bonds. The second kappa shape index (κ2) is 8.52. The van der Waals surface area contributed by atoms with E-state index >= 15 is 0 Å². The van der Waals surface area contributed by atoms with Crippen LogP contribution in [0.2, 0.25) is 5.02 Å². The molecule has 2 aliphatic rings. The largest absolute Gasteiger partial charge is 0.444 e. The number of amides is 2. The Morgan fingerprint density at radius 3 is 2.79 bits per heavy atom. The van der Waals surface area contributed by atoms with Gasteiger partial charge in [0, 0.05) is 41.4 Å². The van der Waals surface area contributed by atoms with E-state index in [4.69, 9.17) is 22.1 Å². The van der Waals surface area contributed by atoms with Crippen molar-refractivity contribution >= 4 is 35.1 Å². The molecule has 1 aliphatic heterocycles. The predicted molar refractivity (Wildman–Crippen MR) is 124 cm³/mol. The molecule has 2 heterocycles. The van der Waals surface area contributed by atoms with Gasteiger partial charge in [-0.3, -0.25) is 9.89 Å². The molecule has 1 aromatic heterocycles. The van der Waals surface area contributed by atoms with Gasteiger partial charge in [0.15, 0.2) is 0 Å². The summed E-state index contributed by atoms with van der Waals surface area (Å²) < 4.78 is 18.8. The first kappa shape index (κ1) is 23.4. The van der Waals surface area contributed by atoms with Crippen molar-refractivity contribution in [3.05, 3.63) is 40.3 Å². The molecule has 4 N–H and O–H groups in total. The Kier molecular flexibility index (Phi) is 6.03. The minimum Gasteiger partial charge on any atom is -0.444 e. The first-order valence-corrected chi connectivity index (χ1v) is 11.4. The summed E-state index contributed by atoms with van der Waals surface area (Å²) in [7, 11) is 0. The van der Waals surface area contributed by atoms with Crippen LogP contribution in [-0.2, 0) is 16.0 Å². The normalized spacial score (nSPS) is 19.4. The van der Waals surface area contributed by atoms with Gasteiger partial charge in [-0.15, -0.1) is 0 Å². The Balaban J connectivity index is 1.38. The summed E-state index contributed by atoms with van der Waals surface area (Å²) in [6.45, 7) is 6.91. The number of H-pyrrole nitrogens is 1. The lowest BCUT2D eigenvalue weighted by molar-refractivity contribution is -0.115. The zero-order valence-electron chi connectivity index (χ0n) is 19.0. The number of hydrogen-bond donors (Lipinski definition) is 3. The highest BCUT2D eigenvalue weighted by Crippen LogP contribution is 2.52. The van der Waals surface area contributed by atoms with Gasteiger partial charge in [-0.1, -0.05) is 11.6 Å². The molecule has 1 saturated carbocycles. The molecular weight excluding hydrogens is 449 g/mol. The van der Waals surface area contributed by atoms with Crippen molar-refractivity contribution in [2.24, 2.45) is 5.41 Å². The predicted octanol–water partition coefficient (Wildman–Crippen LogP) is 4.47. The average molecular weight is 478 g/mol. The second-order valence-corrected chi connectivity index (χ2v) is 10.5. The van der Waals surface area contributed by atoms with Crippen LogP contribution in [0, 0.1) is 11.2 Å². The number of nitrogens with zero attached hydrogens (tertiary/aromatic N) is 2. The van der Waals surface area contributed by atoms with Crippen LogP contribution in [-0.4, -0.2) is 45.8 Å². The molecule has 2 fully saturated rings. The standard InChI is InChI=1S/C23H29ClFN5O3/c1-22(2,3)33-21(32)30-11-23(12-30)7-6-13(10-23)19-15(20(26)29-28-19)9-18(31)27-14-4-5-17(25)16(24)8-14/h4-5,8,13H,6-7,9-12H2,1-3H3,(H,27,31)(H3,26,28,29). The molecule has 1 spiro atoms. The smallest absolute Gasteiger partial charge is 0.410 e. The monoisotopic (exact) mass is 477 g/mol. The number of benzene rings is 1. The lowest BCUT2D eigenvalue weighted by atomic mass is 9.77. The maximum Gasteiger partial charge on any atom is 0.410 e. The molecule has 0 bridgehead atoms. The van der Waals surface area contributed by atoms with E-state index in [0.29, 0.717) is 30.2 Å². The number of carbonyl (C=O) groups excluding carboxylic acids is 2. The fourth-order valence-corrected chi connectivity index (χ4v) is 5.00. The number of halogens is 2. The molecule has 1 saturated heterocycles. The number of nitrogens with one attached hydrogen (secondary N) is 2. The number of aromatic amines is 1. The van der Waals surface area contributed by atoms with E-state index in [1.165, 1.54) is 18.2 Å². The summed E-state index contributed by atoms with van der Waals surface area (Å²) in [5.74, 6) is -0.368. The minimum atomic E-state index is -0.549. The Labute approximate surface area is 197 Å². The topological polar surface area (TPSA) is 113 Å². The third-order valence-corrected chi connectivity index (χ3v) is 6.58. The number of likely N-dealkylation sites (tertiary alicyclic amines) is 1. The fourth-order valence-electron chi connectivity index (χ4n) is 4.82. The average Bonchev–Trinajstić information content (AvgIpc) is 3.27. The summed E-state index contributed by atoms with van der Waals surface area (Å²) in [4.78, 5) is 26.7. The number of aromatic nitrogens is 2. The van der Waals surface area contributed by atoms with Crippen molar-refractivity contribution in [1.82, 2.24) is 15.1 Å². The van der Waals surface area contributed by atoms with E-state index in [0.717, 1.165) is 25.0 Å². The lowest BCUT2D eigenvalue weighted by Crippen LogP contribution is -2.58. The maximum absolute atomic E-state index is 13.4. The van der Waals surface area contributed by atoms with Gasteiger partial charge >= 0.3 is 6.09 Å². The number of nitrogen functional groups attached to an aromatic ring is 1. The zero-order chi connectivity index (χ0) is 24.0. The molecule has 10 heteroatoms. The lowest BCUT2D eigenvalue weighted by Gasteiger charge is -2.48. The van der Waals surface area contributed by atoms with Gasteiger partial charge in [0.1, 0.15) is 17.2 Å². The molecule has 1 aromatic carbocycles. The van der Waals surface area contributed by atoms with Crippen molar-refractivity contribution in [2.45, 2.75) is 58.0 Å². The highest BCUT2D eigenvalue weighted by Gasteiger charge is 2.51. The molecular formula is C23H29ClFN5O3. The summed E-state index contributed by atoms with van der Waals surface area (Å²) in [5.41, 5.74) is 7.56. The van der Waals surface area contributed by atoms with Crippen LogP contribution >= 0.6 is 11.6 Å². The summed E-state index contributed by atoms with van der Waals surface area (Å²) >= 11 is 5.79. The summed E-state index contributed by atoms with van der Waals surface area (Å²) in [6, 6.07) is 4.02. The van der Waals surface area contributed by atoms with Crippen LogP contribution in [0.1, 0.15) is 57.2 Å². The quantitative estimate of drug-likeness (QED) is 0.601. The van der Waals surface area contributed by atoms with E-state index < -0.39 is 11.4 Å². The van der Waals surface area contributed by atoms with E-state index in [9.17, 15) is 14.0 Å². The molecule has 8 nitrogen and oxygen atoms in total. The summed E-state index contributed by atoms with van der Waals surface area (Å²) in [6.07, 6.45) is 2.55. The number of anilines is 2. The van der Waals surface area contributed by atoms with Gasteiger partial charge in [-0.2, -0.15) is 5.10 Å². The van der Waals surface area contributed by atoms with Crippen molar-refractivity contribution in [1.29, 1.82) is 0 Å². The van der Waals surface area contributed by atoms with Crippen molar-refractivity contribution in [3.8, 4) is 0 Å². The van der Waals surface area contributed by atoms with Crippen molar-refractivity contribution in [3.63, 3.8) is 0 Å². The Morgan fingerprint density at radius 2 is 2.12 bits per heavy atom. The van der Waals surface area contributed by atoms with E-state index in [-0.39, 0.29) is 34.8 Å². The minimum absolute atomic E-state index is 0.0419. The van der Waals surface area contributed by atoms with Crippen LogP contribution in [0.3, 0.4) is 0 Å². The van der Waals surface area contributed by atoms with Gasteiger partial charge in [-0.05, 0) is 58.2 Å². The molecule has 178 valence electrons. The van der Waals surface area contributed by atoms with Gasteiger partial charge in [0.25, 0.3) is 0 Å². The van der Waals surface area contributed by atoms with Crippen LogP contribution in [0.4, 0.5) is 20.7 Å². The second-order valence-electron chi connectivity index (χ2n) is 10.1. The summed E-state index contributed by atoms with van der Waals surface area (Å²) in [5, 5.41) is 9.82. The third-order valence-electron chi connectivity index (χ3n) is 6.29. The fraction of sp³-hybridized carbons (Fsp3) is 0.522.